The Balaban J connectivity index is 1.93. The lowest BCUT2D eigenvalue weighted by molar-refractivity contribution is 0.0774. The van der Waals surface area contributed by atoms with Crippen molar-refractivity contribution in [3.05, 3.63) is 30.0 Å². The van der Waals surface area contributed by atoms with E-state index in [0.29, 0.717) is 5.69 Å². The van der Waals surface area contributed by atoms with Crippen LogP contribution in [0.25, 0.3) is 10.9 Å². The summed E-state index contributed by atoms with van der Waals surface area (Å²) in [5, 5.41) is 8.00. The third kappa shape index (κ3) is 1.78. The van der Waals surface area contributed by atoms with Gasteiger partial charge in [0.25, 0.3) is 5.91 Å². The van der Waals surface area contributed by atoms with Crippen molar-refractivity contribution in [2.24, 2.45) is 5.41 Å². The molecule has 1 aromatic carbocycles. The Bertz CT molecular complexity index is 600. The first-order valence-corrected chi connectivity index (χ1v) is 6.29. The number of fused-ring (bicyclic) bond motifs is 1. The number of aromatic nitrogens is 2. The quantitative estimate of drug-likeness (QED) is 0.836. The highest BCUT2D eigenvalue weighted by atomic mass is 16.2. The van der Waals surface area contributed by atoms with Gasteiger partial charge in [0.05, 0.1) is 5.52 Å². The molecule has 0 bridgehead atoms. The standard InChI is InChI=1S/C14H17N3O/c1-14(2)7-8-17(9-14)13(18)12-10-5-3-4-6-11(10)15-16-12/h3-6H,7-9H2,1-2H3,(H,15,16). The van der Waals surface area contributed by atoms with Gasteiger partial charge in [-0.15, -0.1) is 0 Å². The molecule has 4 heteroatoms. The van der Waals surface area contributed by atoms with Gasteiger partial charge in [-0.25, -0.2) is 0 Å². The van der Waals surface area contributed by atoms with Crippen molar-refractivity contribution in [1.82, 2.24) is 15.1 Å². The summed E-state index contributed by atoms with van der Waals surface area (Å²) < 4.78 is 0. The van der Waals surface area contributed by atoms with Crippen LogP contribution in [0.5, 0.6) is 0 Å². The summed E-state index contributed by atoms with van der Waals surface area (Å²) in [6, 6.07) is 7.75. The van der Waals surface area contributed by atoms with E-state index in [-0.39, 0.29) is 11.3 Å². The van der Waals surface area contributed by atoms with E-state index in [2.05, 4.69) is 24.0 Å². The highest BCUT2D eigenvalue weighted by Gasteiger charge is 2.33. The van der Waals surface area contributed by atoms with E-state index >= 15 is 0 Å². The second-order valence-corrected chi connectivity index (χ2v) is 5.76. The van der Waals surface area contributed by atoms with Crippen LogP contribution in [0.1, 0.15) is 30.8 Å². The molecule has 1 aliphatic heterocycles. The van der Waals surface area contributed by atoms with E-state index in [1.54, 1.807) is 0 Å². The average Bonchev–Trinajstić information content (AvgIpc) is 2.91. The highest BCUT2D eigenvalue weighted by molar-refractivity contribution is 6.04. The lowest BCUT2D eigenvalue weighted by Crippen LogP contribution is -2.30. The summed E-state index contributed by atoms with van der Waals surface area (Å²) in [4.78, 5) is 14.4. The zero-order valence-corrected chi connectivity index (χ0v) is 10.7. The van der Waals surface area contributed by atoms with Crippen LogP contribution in [0, 0.1) is 5.41 Å². The maximum absolute atomic E-state index is 12.5. The topological polar surface area (TPSA) is 49.0 Å². The Morgan fingerprint density at radius 2 is 2.17 bits per heavy atom. The number of amides is 1. The van der Waals surface area contributed by atoms with Crippen LogP contribution in [0.4, 0.5) is 0 Å². The zero-order chi connectivity index (χ0) is 12.8. The number of nitrogens with zero attached hydrogens (tertiary/aromatic N) is 2. The van der Waals surface area contributed by atoms with Crippen molar-refractivity contribution in [2.75, 3.05) is 13.1 Å². The molecule has 2 heterocycles. The number of benzene rings is 1. The second-order valence-electron chi connectivity index (χ2n) is 5.76. The number of hydrogen-bond donors (Lipinski definition) is 1. The van der Waals surface area contributed by atoms with Gasteiger partial charge in [-0.2, -0.15) is 5.10 Å². The van der Waals surface area contributed by atoms with Crippen molar-refractivity contribution in [1.29, 1.82) is 0 Å². The molecule has 0 aliphatic carbocycles. The number of rotatable bonds is 1. The second kappa shape index (κ2) is 3.83. The summed E-state index contributed by atoms with van der Waals surface area (Å²) in [7, 11) is 0. The monoisotopic (exact) mass is 243 g/mol. The predicted octanol–water partition coefficient (Wildman–Crippen LogP) is 2.44. The average molecular weight is 243 g/mol. The Morgan fingerprint density at radius 1 is 1.39 bits per heavy atom. The van der Waals surface area contributed by atoms with E-state index in [9.17, 15) is 4.79 Å². The molecule has 0 radical (unpaired) electrons. The summed E-state index contributed by atoms with van der Waals surface area (Å²) in [5.41, 5.74) is 1.68. The maximum Gasteiger partial charge on any atom is 0.275 e. The lowest BCUT2D eigenvalue weighted by Gasteiger charge is -2.19. The van der Waals surface area contributed by atoms with Gasteiger partial charge in [0.1, 0.15) is 0 Å². The molecule has 0 atom stereocenters. The van der Waals surface area contributed by atoms with Crippen molar-refractivity contribution in [2.45, 2.75) is 20.3 Å². The molecule has 0 unspecified atom stereocenters. The van der Waals surface area contributed by atoms with Gasteiger partial charge in [-0.05, 0) is 17.9 Å². The van der Waals surface area contributed by atoms with Crippen molar-refractivity contribution < 1.29 is 4.79 Å². The smallest absolute Gasteiger partial charge is 0.275 e. The zero-order valence-electron chi connectivity index (χ0n) is 10.7. The van der Waals surface area contributed by atoms with Gasteiger partial charge in [-0.3, -0.25) is 9.89 Å². The van der Waals surface area contributed by atoms with Gasteiger partial charge in [0.15, 0.2) is 5.69 Å². The molecule has 0 spiro atoms. The minimum absolute atomic E-state index is 0.0398. The third-order valence-electron chi connectivity index (χ3n) is 3.64. The summed E-state index contributed by atoms with van der Waals surface area (Å²) in [6.45, 7) is 6.03. The fraction of sp³-hybridized carbons (Fsp3) is 0.429. The molecule has 18 heavy (non-hydrogen) atoms. The van der Waals surface area contributed by atoms with Gasteiger partial charge in [-0.1, -0.05) is 32.0 Å². The Kier molecular flexibility index (Phi) is 2.40. The molecule has 4 nitrogen and oxygen atoms in total. The summed E-state index contributed by atoms with van der Waals surface area (Å²) in [5.74, 6) is 0.0398. The number of carbonyl (C=O) groups is 1. The van der Waals surface area contributed by atoms with Crippen LogP contribution in [0.15, 0.2) is 24.3 Å². The largest absolute Gasteiger partial charge is 0.337 e. The van der Waals surface area contributed by atoms with Gasteiger partial charge in [0.2, 0.25) is 0 Å². The number of H-pyrrole nitrogens is 1. The summed E-state index contributed by atoms with van der Waals surface area (Å²) >= 11 is 0. The minimum atomic E-state index is 0.0398. The Labute approximate surface area is 106 Å². The number of likely N-dealkylation sites (tertiary alicyclic amines) is 1. The molecular weight excluding hydrogens is 226 g/mol. The fourth-order valence-corrected chi connectivity index (χ4v) is 2.56. The van der Waals surface area contributed by atoms with E-state index in [4.69, 9.17) is 0 Å². The first kappa shape index (κ1) is 11.3. The first-order chi connectivity index (χ1) is 8.57. The number of para-hydroxylation sites is 1. The number of hydrogen-bond acceptors (Lipinski definition) is 2. The molecule has 0 saturated carbocycles. The van der Waals surface area contributed by atoms with E-state index in [1.165, 1.54) is 0 Å². The van der Waals surface area contributed by atoms with Gasteiger partial charge < -0.3 is 4.90 Å². The number of aromatic amines is 1. The van der Waals surface area contributed by atoms with E-state index in [0.717, 1.165) is 30.4 Å². The van der Waals surface area contributed by atoms with Crippen molar-refractivity contribution in [3.8, 4) is 0 Å². The van der Waals surface area contributed by atoms with Crippen molar-refractivity contribution >= 4 is 16.8 Å². The number of nitrogens with one attached hydrogen (secondary N) is 1. The van der Waals surface area contributed by atoms with Crippen LogP contribution >= 0.6 is 0 Å². The Morgan fingerprint density at radius 3 is 2.89 bits per heavy atom. The molecule has 1 fully saturated rings. The predicted molar refractivity (Wildman–Crippen MR) is 70.4 cm³/mol. The molecule has 1 aliphatic rings. The molecule has 1 amide bonds. The molecular formula is C14H17N3O. The maximum atomic E-state index is 12.5. The minimum Gasteiger partial charge on any atom is -0.337 e. The Hall–Kier alpha value is -1.84. The van der Waals surface area contributed by atoms with E-state index in [1.807, 2.05) is 29.2 Å². The first-order valence-electron chi connectivity index (χ1n) is 6.29. The van der Waals surface area contributed by atoms with Crippen LogP contribution in [0.2, 0.25) is 0 Å². The molecule has 2 aromatic rings. The van der Waals surface area contributed by atoms with E-state index < -0.39 is 0 Å². The number of carbonyl (C=O) groups excluding carboxylic acids is 1. The molecule has 94 valence electrons. The summed E-state index contributed by atoms with van der Waals surface area (Å²) in [6.07, 6.45) is 1.06. The molecule has 1 N–H and O–H groups in total. The third-order valence-corrected chi connectivity index (χ3v) is 3.64. The van der Waals surface area contributed by atoms with Gasteiger partial charge in [0, 0.05) is 18.5 Å². The normalized spacial score (nSPS) is 18.4. The molecule has 1 saturated heterocycles. The fourth-order valence-electron chi connectivity index (χ4n) is 2.56. The van der Waals surface area contributed by atoms with Crippen LogP contribution < -0.4 is 0 Å². The SMILES string of the molecule is CC1(C)CCN(C(=O)c2n[nH]c3ccccc23)C1. The lowest BCUT2D eigenvalue weighted by atomic mass is 9.93. The van der Waals surface area contributed by atoms with Crippen LogP contribution in [0.3, 0.4) is 0 Å². The molecule has 1 aromatic heterocycles. The van der Waals surface area contributed by atoms with Crippen molar-refractivity contribution in [3.63, 3.8) is 0 Å². The van der Waals surface area contributed by atoms with Crippen LogP contribution in [-0.2, 0) is 0 Å². The molecule has 3 rings (SSSR count). The van der Waals surface area contributed by atoms with Gasteiger partial charge >= 0.3 is 0 Å². The highest BCUT2D eigenvalue weighted by Crippen LogP contribution is 2.30. The van der Waals surface area contributed by atoms with Crippen LogP contribution in [-0.4, -0.2) is 34.1 Å².